The molecule has 9 heteroatoms. The molecule has 1 saturated heterocycles. The van der Waals surface area contributed by atoms with Crippen molar-refractivity contribution in [2.24, 2.45) is 0 Å². The summed E-state index contributed by atoms with van der Waals surface area (Å²) in [5.41, 5.74) is 2.56. The second-order valence-electron chi connectivity index (χ2n) is 7.85. The molecule has 1 aliphatic heterocycles. The minimum Gasteiger partial charge on any atom is -0.497 e. The minimum absolute atomic E-state index is 0.0519. The molecule has 2 N–H and O–H groups in total. The predicted octanol–water partition coefficient (Wildman–Crippen LogP) is 2.28. The summed E-state index contributed by atoms with van der Waals surface area (Å²) in [6.07, 6.45) is 0. The van der Waals surface area contributed by atoms with Crippen LogP contribution in [0.5, 0.6) is 5.75 Å². The van der Waals surface area contributed by atoms with Crippen molar-refractivity contribution >= 4 is 21.8 Å². The fourth-order valence-corrected chi connectivity index (χ4v) is 4.77. The summed E-state index contributed by atoms with van der Waals surface area (Å²) in [5.74, 6) is -0.421. The van der Waals surface area contributed by atoms with Crippen LogP contribution in [0.2, 0.25) is 0 Å². The van der Waals surface area contributed by atoms with Gasteiger partial charge in [0.15, 0.2) is 0 Å². The molecule has 1 unspecified atom stereocenters. The molecule has 0 aliphatic carbocycles. The Morgan fingerprint density at radius 2 is 1.59 bits per heavy atom. The van der Waals surface area contributed by atoms with Crippen LogP contribution < -0.4 is 14.8 Å². The highest BCUT2D eigenvalue weighted by atomic mass is 32.2. The Hall–Kier alpha value is -3.69. The summed E-state index contributed by atoms with van der Waals surface area (Å²) in [6.45, 7) is 0.839. The molecule has 0 aromatic heterocycles. The van der Waals surface area contributed by atoms with Crippen molar-refractivity contribution in [3.63, 3.8) is 0 Å². The van der Waals surface area contributed by atoms with Crippen molar-refractivity contribution in [1.29, 1.82) is 0 Å². The lowest BCUT2D eigenvalue weighted by molar-refractivity contribution is -0.122. The summed E-state index contributed by atoms with van der Waals surface area (Å²) in [5, 5.41) is 2.99. The van der Waals surface area contributed by atoms with Crippen molar-refractivity contribution in [3.8, 4) is 16.9 Å². The Labute approximate surface area is 198 Å². The molecule has 3 aromatic carbocycles. The second kappa shape index (κ2) is 10.1. The van der Waals surface area contributed by atoms with Gasteiger partial charge in [-0.1, -0.05) is 42.5 Å². The van der Waals surface area contributed by atoms with Crippen LogP contribution in [0.3, 0.4) is 0 Å². The Morgan fingerprint density at radius 1 is 0.941 bits per heavy atom. The van der Waals surface area contributed by atoms with E-state index in [1.54, 1.807) is 17.0 Å². The summed E-state index contributed by atoms with van der Waals surface area (Å²) in [4.78, 5) is 27.2. The summed E-state index contributed by atoms with van der Waals surface area (Å²) < 4.78 is 32.3. The van der Waals surface area contributed by atoms with Crippen molar-refractivity contribution in [2.75, 3.05) is 26.7 Å². The van der Waals surface area contributed by atoms with E-state index in [0.717, 1.165) is 11.1 Å². The van der Waals surface area contributed by atoms with Crippen molar-refractivity contribution in [3.05, 3.63) is 84.4 Å². The Bertz CT molecular complexity index is 1260. The summed E-state index contributed by atoms with van der Waals surface area (Å²) >= 11 is 0. The van der Waals surface area contributed by atoms with Crippen LogP contribution in [0.25, 0.3) is 11.1 Å². The molecule has 2 amide bonds. The molecule has 1 aliphatic rings. The number of methoxy groups -OCH3 is 1. The largest absolute Gasteiger partial charge is 0.497 e. The van der Waals surface area contributed by atoms with Crippen LogP contribution in [-0.2, 0) is 14.8 Å². The number of carbonyl (C=O) groups excluding carboxylic acids is 2. The molecule has 3 aromatic rings. The van der Waals surface area contributed by atoms with Gasteiger partial charge in [0.05, 0.1) is 12.0 Å². The number of piperazine rings is 1. The maximum absolute atomic E-state index is 13.0. The van der Waals surface area contributed by atoms with E-state index in [2.05, 4.69) is 10.0 Å². The van der Waals surface area contributed by atoms with Crippen molar-refractivity contribution in [1.82, 2.24) is 14.9 Å². The first-order valence-electron chi connectivity index (χ1n) is 10.8. The third-order valence-electron chi connectivity index (χ3n) is 5.62. The first kappa shape index (κ1) is 23.5. The molecule has 8 nitrogen and oxygen atoms in total. The Kier molecular flexibility index (Phi) is 6.95. The topological polar surface area (TPSA) is 105 Å². The normalized spacial score (nSPS) is 16.0. The highest BCUT2D eigenvalue weighted by Crippen LogP contribution is 2.20. The molecule has 4 rings (SSSR count). The van der Waals surface area contributed by atoms with E-state index in [9.17, 15) is 18.0 Å². The lowest BCUT2D eigenvalue weighted by atomic mass is 10.0. The summed E-state index contributed by atoms with van der Waals surface area (Å²) in [6, 6.07) is 22.0. The van der Waals surface area contributed by atoms with Crippen LogP contribution in [0, 0.1) is 0 Å². The van der Waals surface area contributed by atoms with Crippen LogP contribution >= 0.6 is 0 Å². The molecule has 0 saturated carbocycles. The Morgan fingerprint density at radius 3 is 2.24 bits per heavy atom. The van der Waals surface area contributed by atoms with Gasteiger partial charge in [-0.25, -0.2) is 13.1 Å². The Balaban J connectivity index is 1.41. The van der Waals surface area contributed by atoms with Gasteiger partial charge in [-0.3, -0.25) is 9.59 Å². The fourth-order valence-electron chi connectivity index (χ4n) is 3.75. The number of hydrogen-bond acceptors (Lipinski definition) is 6. The van der Waals surface area contributed by atoms with Crippen LogP contribution in [0.15, 0.2) is 83.8 Å². The first-order chi connectivity index (χ1) is 16.4. The van der Waals surface area contributed by atoms with E-state index >= 15 is 0 Å². The lowest BCUT2D eigenvalue weighted by Crippen LogP contribution is -2.58. The van der Waals surface area contributed by atoms with Gasteiger partial charge < -0.3 is 15.0 Å². The first-order valence-corrected chi connectivity index (χ1v) is 12.2. The van der Waals surface area contributed by atoms with Crippen LogP contribution in [-0.4, -0.2) is 57.9 Å². The van der Waals surface area contributed by atoms with Gasteiger partial charge in [0.25, 0.3) is 21.8 Å². The number of carbonyl (C=O) groups is 2. The number of hydrogen-bond donors (Lipinski definition) is 2. The van der Waals surface area contributed by atoms with Crippen molar-refractivity contribution < 1.29 is 22.7 Å². The number of nitrogens with one attached hydrogen (secondary N) is 2. The standard InChI is InChI=1S/C25H25N3O5S/c1-33-21-11-13-22(14-12-21)34(31,32)27-24(29)23-17-28(16-15-26-23)25(30)20-9-7-19(8-10-20)18-5-3-2-4-6-18/h2-14,23,26H,15-17H2,1H3,(H,27,29). The van der Waals surface area contributed by atoms with Gasteiger partial charge in [-0.2, -0.15) is 0 Å². The van der Waals surface area contributed by atoms with Crippen LogP contribution in [0.1, 0.15) is 10.4 Å². The van der Waals surface area contributed by atoms with Gasteiger partial charge in [0.2, 0.25) is 0 Å². The van der Waals surface area contributed by atoms with E-state index in [0.29, 0.717) is 24.4 Å². The number of ether oxygens (including phenoxy) is 1. The van der Waals surface area contributed by atoms with Gasteiger partial charge in [-0.15, -0.1) is 0 Å². The number of rotatable bonds is 6. The molecule has 0 radical (unpaired) electrons. The molecule has 1 heterocycles. The monoisotopic (exact) mass is 479 g/mol. The molecule has 176 valence electrons. The predicted molar refractivity (Wildman–Crippen MR) is 128 cm³/mol. The summed E-state index contributed by atoms with van der Waals surface area (Å²) in [7, 11) is -2.58. The van der Waals surface area contributed by atoms with Crippen LogP contribution in [0.4, 0.5) is 0 Å². The van der Waals surface area contributed by atoms with E-state index in [1.165, 1.54) is 31.4 Å². The zero-order valence-electron chi connectivity index (χ0n) is 18.6. The maximum Gasteiger partial charge on any atom is 0.264 e. The average Bonchev–Trinajstić information content (AvgIpc) is 2.88. The molecule has 1 fully saturated rings. The zero-order chi connectivity index (χ0) is 24.1. The molecule has 0 spiro atoms. The third kappa shape index (κ3) is 5.27. The van der Waals surface area contributed by atoms with Gasteiger partial charge >= 0.3 is 0 Å². The highest BCUT2D eigenvalue weighted by molar-refractivity contribution is 7.90. The minimum atomic E-state index is -4.05. The zero-order valence-corrected chi connectivity index (χ0v) is 19.4. The molecule has 1 atom stereocenters. The van der Waals surface area contributed by atoms with Crippen molar-refractivity contribution in [2.45, 2.75) is 10.9 Å². The SMILES string of the molecule is COc1ccc(S(=O)(=O)NC(=O)C2CN(C(=O)c3ccc(-c4ccccc4)cc3)CCN2)cc1. The quantitative estimate of drug-likeness (QED) is 0.562. The third-order valence-corrected chi connectivity index (χ3v) is 6.99. The molecule has 34 heavy (non-hydrogen) atoms. The fraction of sp³-hybridized carbons (Fsp3) is 0.200. The maximum atomic E-state index is 13.0. The lowest BCUT2D eigenvalue weighted by Gasteiger charge is -2.33. The number of amides is 2. The van der Waals surface area contributed by atoms with E-state index in [4.69, 9.17) is 4.74 Å². The van der Waals surface area contributed by atoms with E-state index in [1.807, 2.05) is 42.5 Å². The van der Waals surface area contributed by atoms with Gasteiger partial charge in [0, 0.05) is 25.2 Å². The molecular weight excluding hydrogens is 454 g/mol. The average molecular weight is 480 g/mol. The number of benzene rings is 3. The van der Waals surface area contributed by atoms with Gasteiger partial charge in [0.1, 0.15) is 11.8 Å². The second-order valence-corrected chi connectivity index (χ2v) is 9.53. The molecule has 0 bridgehead atoms. The smallest absolute Gasteiger partial charge is 0.264 e. The highest BCUT2D eigenvalue weighted by Gasteiger charge is 2.31. The van der Waals surface area contributed by atoms with E-state index in [-0.39, 0.29) is 17.3 Å². The van der Waals surface area contributed by atoms with Gasteiger partial charge in [-0.05, 0) is 47.5 Å². The van der Waals surface area contributed by atoms with E-state index < -0.39 is 22.0 Å². The molecular formula is C25H25N3O5S. The number of nitrogens with zero attached hydrogens (tertiary/aromatic N) is 1. The number of sulfonamides is 1.